The van der Waals surface area contributed by atoms with Gasteiger partial charge in [-0.3, -0.25) is 14.5 Å². The number of benzene rings is 2. The van der Waals surface area contributed by atoms with Crippen LogP contribution in [0.5, 0.6) is 11.5 Å². The molecule has 3 aliphatic rings. The van der Waals surface area contributed by atoms with Gasteiger partial charge in [0.1, 0.15) is 23.2 Å². The maximum absolute atomic E-state index is 13.4. The number of aliphatic hydroxyl groups is 1. The molecule has 7 heteroatoms. The summed E-state index contributed by atoms with van der Waals surface area (Å²) in [5, 5.41) is 10.9. The van der Waals surface area contributed by atoms with Gasteiger partial charge in [-0.25, -0.2) is 4.39 Å². The van der Waals surface area contributed by atoms with E-state index in [1.165, 1.54) is 29.2 Å². The standard InChI is InChI=1S/C21H16FNO5/c22-13-5-3-11(4-6-13)18-20(25)17(19(24)12-1-2-12)21(26)23(18)14-7-8-15-16(9-14)28-10-27-15/h3-9,12,18,25H,1-2,10H2. The quantitative estimate of drug-likeness (QED) is 0.821. The Kier molecular flexibility index (Phi) is 3.65. The Morgan fingerprint density at radius 3 is 2.50 bits per heavy atom. The molecule has 1 atom stereocenters. The van der Waals surface area contributed by atoms with Crippen LogP contribution in [-0.4, -0.2) is 23.6 Å². The maximum atomic E-state index is 13.4. The highest BCUT2D eigenvalue weighted by Gasteiger charge is 2.47. The van der Waals surface area contributed by atoms with Gasteiger partial charge in [-0.2, -0.15) is 0 Å². The normalized spacial score (nSPS) is 20.8. The van der Waals surface area contributed by atoms with Crippen LogP contribution < -0.4 is 14.4 Å². The number of nitrogens with zero attached hydrogens (tertiary/aromatic N) is 1. The number of hydrogen-bond acceptors (Lipinski definition) is 5. The summed E-state index contributed by atoms with van der Waals surface area (Å²) >= 11 is 0. The SMILES string of the molecule is O=C(C1=C(O)C(c2ccc(F)cc2)N(c2ccc3c(c2)OCO3)C1=O)C1CC1. The number of rotatable bonds is 4. The van der Waals surface area contributed by atoms with E-state index in [1.807, 2.05) is 0 Å². The molecule has 2 aromatic rings. The molecule has 142 valence electrons. The fourth-order valence-electron chi connectivity index (χ4n) is 3.64. The molecule has 2 aromatic carbocycles. The minimum Gasteiger partial charge on any atom is -0.509 e. The van der Waals surface area contributed by atoms with Gasteiger partial charge in [0.15, 0.2) is 17.3 Å². The molecule has 1 aliphatic carbocycles. The molecule has 0 radical (unpaired) electrons. The number of hydrogen-bond donors (Lipinski definition) is 1. The third-order valence-corrected chi connectivity index (χ3v) is 5.22. The smallest absolute Gasteiger partial charge is 0.266 e. The van der Waals surface area contributed by atoms with Crippen molar-refractivity contribution in [1.82, 2.24) is 0 Å². The maximum Gasteiger partial charge on any atom is 0.266 e. The van der Waals surface area contributed by atoms with Gasteiger partial charge in [0.05, 0.1) is 0 Å². The van der Waals surface area contributed by atoms with Crippen LogP contribution in [0.2, 0.25) is 0 Å². The van der Waals surface area contributed by atoms with Crippen molar-refractivity contribution in [3.63, 3.8) is 0 Å². The first kappa shape index (κ1) is 16.8. The molecule has 2 heterocycles. The molecular formula is C21H16FNO5. The largest absolute Gasteiger partial charge is 0.509 e. The summed E-state index contributed by atoms with van der Waals surface area (Å²) in [5.41, 5.74) is 0.770. The van der Waals surface area contributed by atoms with E-state index in [2.05, 4.69) is 0 Å². The molecule has 1 fully saturated rings. The van der Waals surface area contributed by atoms with Gasteiger partial charge in [0.2, 0.25) is 6.79 Å². The van der Waals surface area contributed by atoms with Crippen LogP contribution in [0.15, 0.2) is 53.8 Å². The summed E-state index contributed by atoms with van der Waals surface area (Å²) < 4.78 is 24.1. The molecule has 1 saturated carbocycles. The first-order valence-electron chi connectivity index (χ1n) is 9.00. The minimum absolute atomic E-state index is 0.0863. The Bertz CT molecular complexity index is 1030. The lowest BCUT2D eigenvalue weighted by atomic mass is 10.0. The summed E-state index contributed by atoms with van der Waals surface area (Å²) in [4.78, 5) is 27.2. The Morgan fingerprint density at radius 2 is 1.79 bits per heavy atom. The zero-order valence-electron chi connectivity index (χ0n) is 14.7. The lowest BCUT2D eigenvalue weighted by Crippen LogP contribution is -2.31. The van der Waals surface area contributed by atoms with Crippen LogP contribution in [0.4, 0.5) is 10.1 Å². The van der Waals surface area contributed by atoms with Gasteiger partial charge in [-0.05, 0) is 42.7 Å². The molecule has 1 unspecified atom stereocenters. The lowest BCUT2D eigenvalue weighted by Gasteiger charge is -2.26. The first-order chi connectivity index (χ1) is 13.5. The van der Waals surface area contributed by atoms with Crippen LogP contribution in [0, 0.1) is 11.7 Å². The summed E-state index contributed by atoms with van der Waals surface area (Å²) in [6.45, 7) is 0.0863. The topological polar surface area (TPSA) is 76.1 Å². The van der Waals surface area contributed by atoms with E-state index >= 15 is 0 Å². The fourth-order valence-corrected chi connectivity index (χ4v) is 3.64. The van der Waals surface area contributed by atoms with Crippen LogP contribution in [-0.2, 0) is 9.59 Å². The lowest BCUT2D eigenvalue weighted by molar-refractivity contribution is -0.121. The highest BCUT2D eigenvalue weighted by molar-refractivity contribution is 6.28. The zero-order chi connectivity index (χ0) is 19.4. The number of anilines is 1. The van der Waals surface area contributed by atoms with Gasteiger partial charge in [0, 0.05) is 17.7 Å². The second kappa shape index (κ2) is 6.09. The predicted octanol–water partition coefficient (Wildman–Crippen LogP) is 3.43. The number of carbonyl (C=O) groups excluding carboxylic acids is 2. The number of amides is 1. The number of ketones is 1. The first-order valence-corrected chi connectivity index (χ1v) is 9.00. The van der Waals surface area contributed by atoms with E-state index in [0.29, 0.717) is 35.6 Å². The number of aliphatic hydroxyl groups excluding tert-OH is 1. The predicted molar refractivity (Wildman–Crippen MR) is 96.6 cm³/mol. The molecule has 0 spiro atoms. The summed E-state index contributed by atoms with van der Waals surface area (Å²) in [5.74, 6) is -0.816. The molecule has 6 nitrogen and oxygen atoms in total. The molecule has 5 rings (SSSR count). The molecule has 28 heavy (non-hydrogen) atoms. The molecule has 2 aliphatic heterocycles. The van der Waals surface area contributed by atoms with Crippen LogP contribution in [0.25, 0.3) is 0 Å². The number of Topliss-reactive ketones (excluding diaryl/α,β-unsaturated/α-hetero) is 1. The van der Waals surface area contributed by atoms with Crippen molar-refractivity contribution in [2.45, 2.75) is 18.9 Å². The molecule has 0 bridgehead atoms. The Balaban J connectivity index is 1.62. The second-order valence-electron chi connectivity index (χ2n) is 7.07. The van der Waals surface area contributed by atoms with Crippen molar-refractivity contribution in [2.75, 3.05) is 11.7 Å². The van der Waals surface area contributed by atoms with E-state index in [9.17, 15) is 19.1 Å². The van der Waals surface area contributed by atoms with Crippen molar-refractivity contribution in [3.8, 4) is 11.5 Å². The number of carbonyl (C=O) groups is 2. The molecule has 1 amide bonds. The van der Waals surface area contributed by atoms with E-state index in [1.54, 1.807) is 18.2 Å². The molecule has 1 N–H and O–H groups in total. The Morgan fingerprint density at radius 1 is 1.07 bits per heavy atom. The summed E-state index contributed by atoms with van der Waals surface area (Å²) in [6.07, 6.45) is 1.43. The highest BCUT2D eigenvalue weighted by Crippen LogP contribution is 2.45. The van der Waals surface area contributed by atoms with Crippen molar-refractivity contribution in [1.29, 1.82) is 0 Å². The van der Waals surface area contributed by atoms with Crippen LogP contribution >= 0.6 is 0 Å². The van der Waals surface area contributed by atoms with E-state index in [-0.39, 0.29) is 29.8 Å². The third kappa shape index (κ3) is 2.54. The highest BCUT2D eigenvalue weighted by atomic mass is 19.1. The molecule has 0 saturated heterocycles. The number of ether oxygens (including phenoxy) is 2. The van der Waals surface area contributed by atoms with Crippen molar-refractivity contribution >= 4 is 17.4 Å². The fraction of sp³-hybridized carbons (Fsp3) is 0.238. The average Bonchev–Trinajstić information content (AvgIpc) is 3.38. The second-order valence-corrected chi connectivity index (χ2v) is 7.07. The van der Waals surface area contributed by atoms with E-state index in [4.69, 9.17) is 9.47 Å². The van der Waals surface area contributed by atoms with Gasteiger partial charge in [-0.15, -0.1) is 0 Å². The Hall–Kier alpha value is -3.35. The van der Waals surface area contributed by atoms with E-state index in [0.717, 1.165) is 0 Å². The summed E-state index contributed by atoms with van der Waals surface area (Å²) in [7, 11) is 0. The van der Waals surface area contributed by atoms with Gasteiger partial charge in [-0.1, -0.05) is 12.1 Å². The van der Waals surface area contributed by atoms with Gasteiger partial charge >= 0.3 is 0 Å². The van der Waals surface area contributed by atoms with Gasteiger partial charge < -0.3 is 14.6 Å². The summed E-state index contributed by atoms with van der Waals surface area (Å²) in [6, 6.07) is 9.56. The van der Waals surface area contributed by atoms with Crippen molar-refractivity contribution < 1.29 is 28.6 Å². The van der Waals surface area contributed by atoms with E-state index < -0.39 is 17.8 Å². The van der Waals surface area contributed by atoms with Gasteiger partial charge in [0.25, 0.3) is 5.91 Å². The van der Waals surface area contributed by atoms with Crippen molar-refractivity contribution in [3.05, 3.63) is 65.2 Å². The molecular weight excluding hydrogens is 365 g/mol. The van der Waals surface area contributed by atoms with Crippen molar-refractivity contribution in [2.24, 2.45) is 5.92 Å². The number of halogens is 1. The Labute approximate surface area is 159 Å². The van der Waals surface area contributed by atoms with Crippen LogP contribution in [0.3, 0.4) is 0 Å². The number of fused-ring (bicyclic) bond motifs is 1. The third-order valence-electron chi connectivity index (χ3n) is 5.22. The minimum atomic E-state index is -0.911. The van der Waals surface area contributed by atoms with Crippen LogP contribution in [0.1, 0.15) is 24.4 Å². The monoisotopic (exact) mass is 381 g/mol. The zero-order valence-corrected chi connectivity index (χ0v) is 14.7. The molecule has 0 aromatic heterocycles. The average molecular weight is 381 g/mol.